The maximum Gasteiger partial charge on any atom is 0.324 e. The molecule has 0 saturated carbocycles. The lowest BCUT2D eigenvalue weighted by atomic mass is 10.1. The highest BCUT2D eigenvalue weighted by atomic mass is 16.2. The lowest BCUT2D eigenvalue weighted by molar-refractivity contribution is -0.132. The van der Waals surface area contributed by atoms with Gasteiger partial charge in [-0.1, -0.05) is 31.2 Å². The van der Waals surface area contributed by atoms with Gasteiger partial charge in [0.25, 0.3) is 0 Å². The fourth-order valence-corrected chi connectivity index (χ4v) is 2.40. The third kappa shape index (κ3) is 3.61. The molecule has 1 aromatic rings. The van der Waals surface area contributed by atoms with Gasteiger partial charge in [-0.15, -0.1) is 0 Å². The molecule has 1 heterocycles. The van der Waals surface area contributed by atoms with Gasteiger partial charge in [-0.25, -0.2) is 4.79 Å². The molecule has 21 heavy (non-hydrogen) atoms. The summed E-state index contributed by atoms with van der Waals surface area (Å²) in [5.74, 6) is -0.141. The number of carbonyl (C=O) groups is 2. The number of aryl methyl sites for hydroxylation is 1. The average molecular weight is 289 g/mol. The molecule has 1 saturated heterocycles. The molecule has 1 atom stereocenters. The summed E-state index contributed by atoms with van der Waals surface area (Å²) in [7, 11) is 1.91. The molecule has 1 fully saturated rings. The Morgan fingerprint density at radius 2 is 1.95 bits per heavy atom. The smallest absolute Gasteiger partial charge is 0.324 e. The Balaban J connectivity index is 1.96. The largest absolute Gasteiger partial charge is 0.336 e. The summed E-state index contributed by atoms with van der Waals surface area (Å²) in [5.41, 5.74) is 2.47. The minimum absolute atomic E-state index is 0.141. The summed E-state index contributed by atoms with van der Waals surface area (Å²) < 4.78 is 0. The van der Waals surface area contributed by atoms with Crippen LogP contribution in [0.15, 0.2) is 24.3 Å². The number of carbonyl (C=O) groups excluding carboxylic acids is 2. The van der Waals surface area contributed by atoms with Crippen molar-refractivity contribution in [3.63, 3.8) is 0 Å². The van der Waals surface area contributed by atoms with E-state index in [0.717, 1.165) is 6.42 Å². The van der Waals surface area contributed by atoms with Gasteiger partial charge in [-0.05, 0) is 31.5 Å². The molecule has 0 spiro atoms. The molecule has 2 rings (SSSR count). The number of rotatable bonds is 5. The van der Waals surface area contributed by atoms with Crippen molar-refractivity contribution in [2.75, 3.05) is 20.1 Å². The molecule has 1 aromatic carbocycles. The van der Waals surface area contributed by atoms with E-state index in [0.29, 0.717) is 19.6 Å². The van der Waals surface area contributed by atoms with Crippen LogP contribution in [0.5, 0.6) is 0 Å². The number of nitrogens with one attached hydrogen (secondary N) is 1. The van der Waals surface area contributed by atoms with Crippen molar-refractivity contribution in [1.82, 2.24) is 15.1 Å². The fourth-order valence-electron chi connectivity index (χ4n) is 2.40. The van der Waals surface area contributed by atoms with Crippen molar-refractivity contribution in [2.24, 2.45) is 0 Å². The summed E-state index contributed by atoms with van der Waals surface area (Å²) in [6.07, 6.45) is 1.02. The predicted molar refractivity (Wildman–Crippen MR) is 81.9 cm³/mol. The Bertz CT molecular complexity index is 513. The van der Waals surface area contributed by atoms with Crippen molar-refractivity contribution in [3.8, 4) is 0 Å². The first-order valence-electron chi connectivity index (χ1n) is 7.40. The molecule has 1 aliphatic rings. The topological polar surface area (TPSA) is 52.7 Å². The third-order valence-electron chi connectivity index (χ3n) is 4.00. The van der Waals surface area contributed by atoms with Crippen molar-refractivity contribution in [3.05, 3.63) is 35.4 Å². The first-order valence-corrected chi connectivity index (χ1v) is 7.40. The van der Waals surface area contributed by atoms with Gasteiger partial charge in [-0.3, -0.25) is 14.6 Å². The van der Waals surface area contributed by atoms with E-state index in [4.69, 9.17) is 0 Å². The zero-order valence-corrected chi connectivity index (χ0v) is 12.9. The molecular formula is C16H23N3O2. The molecule has 5 heteroatoms. The van der Waals surface area contributed by atoms with Gasteiger partial charge >= 0.3 is 6.03 Å². The summed E-state index contributed by atoms with van der Waals surface area (Å²) in [6.45, 7) is 5.66. The first kappa shape index (κ1) is 15.5. The number of nitrogens with zero attached hydrogens (tertiary/aromatic N) is 2. The van der Waals surface area contributed by atoms with E-state index in [1.165, 1.54) is 16.0 Å². The van der Waals surface area contributed by atoms with Crippen molar-refractivity contribution in [2.45, 2.75) is 32.9 Å². The van der Waals surface area contributed by atoms with Crippen LogP contribution < -0.4 is 5.32 Å². The predicted octanol–water partition coefficient (Wildman–Crippen LogP) is 1.62. The number of urea groups is 1. The molecule has 0 aliphatic carbocycles. The molecular weight excluding hydrogens is 266 g/mol. The van der Waals surface area contributed by atoms with Crippen LogP contribution in [0.2, 0.25) is 0 Å². The van der Waals surface area contributed by atoms with Crippen LogP contribution in [-0.2, 0) is 17.8 Å². The monoisotopic (exact) mass is 289 g/mol. The standard InChI is InChI=1S/C16H23N3O2/c1-4-13-5-7-14(8-6-13)11-18(3)12(2)15(20)19-10-9-17-16(19)21/h5-8,12H,4,9-11H2,1-3H3,(H,17,21). The van der Waals surface area contributed by atoms with Gasteiger partial charge in [0.15, 0.2) is 0 Å². The van der Waals surface area contributed by atoms with Gasteiger partial charge in [0.2, 0.25) is 5.91 Å². The van der Waals surface area contributed by atoms with Crippen molar-refractivity contribution < 1.29 is 9.59 Å². The SMILES string of the molecule is CCc1ccc(CN(C)C(C)C(=O)N2CCNC2=O)cc1. The summed E-state index contributed by atoms with van der Waals surface area (Å²) in [6, 6.07) is 7.81. The summed E-state index contributed by atoms with van der Waals surface area (Å²) in [5, 5.41) is 2.65. The maximum absolute atomic E-state index is 12.3. The van der Waals surface area contributed by atoms with Gasteiger partial charge < -0.3 is 5.32 Å². The Kier molecular flexibility index (Phi) is 4.96. The van der Waals surface area contributed by atoms with E-state index in [1.807, 2.05) is 18.9 Å². The number of hydrogen-bond acceptors (Lipinski definition) is 3. The van der Waals surface area contributed by atoms with Gasteiger partial charge in [0.05, 0.1) is 6.04 Å². The Morgan fingerprint density at radius 3 is 2.48 bits per heavy atom. The number of benzene rings is 1. The zero-order chi connectivity index (χ0) is 15.4. The molecule has 0 aromatic heterocycles. The maximum atomic E-state index is 12.3. The minimum atomic E-state index is -0.320. The van der Waals surface area contributed by atoms with Crippen LogP contribution in [-0.4, -0.2) is 47.9 Å². The van der Waals surface area contributed by atoms with E-state index < -0.39 is 0 Å². The molecule has 5 nitrogen and oxygen atoms in total. The zero-order valence-electron chi connectivity index (χ0n) is 12.9. The number of likely N-dealkylation sites (N-methyl/N-ethyl adjacent to an activating group) is 1. The lowest BCUT2D eigenvalue weighted by Gasteiger charge is -2.26. The molecule has 0 radical (unpaired) electrons. The van der Waals surface area contributed by atoms with Crippen LogP contribution in [0, 0.1) is 0 Å². The Hall–Kier alpha value is -1.88. The highest BCUT2D eigenvalue weighted by molar-refractivity contribution is 5.98. The van der Waals surface area contributed by atoms with Crippen LogP contribution in [0.3, 0.4) is 0 Å². The van der Waals surface area contributed by atoms with E-state index >= 15 is 0 Å². The molecule has 1 aliphatic heterocycles. The second-order valence-corrected chi connectivity index (χ2v) is 5.48. The summed E-state index contributed by atoms with van der Waals surface area (Å²) >= 11 is 0. The van der Waals surface area contributed by atoms with Gasteiger partial charge in [0, 0.05) is 19.6 Å². The van der Waals surface area contributed by atoms with Gasteiger partial charge in [-0.2, -0.15) is 0 Å². The molecule has 0 bridgehead atoms. The van der Waals surface area contributed by atoms with Crippen molar-refractivity contribution >= 4 is 11.9 Å². The second kappa shape index (κ2) is 6.72. The molecule has 114 valence electrons. The van der Waals surface area contributed by atoms with Crippen LogP contribution in [0.4, 0.5) is 4.79 Å². The lowest BCUT2D eigenvalue weighted by Crippen LogP contribution is -2.46. The molecule has 1 unspecified atom stereocenters. The van der Waals surface area contributed by atoms with E-state index in [9.17, 15) is 9.59 Å². The minimum Gasteiger partial charge on any atom is -0.336 e. The average Bonchev–Trinajstić information content (AvgIpc) is 2.92. The highest BCUT2D eigenvalue weighted by Gasteiger charge is 2.31. The van der Waals surface area contributed by atoms with Gasteiger partial charge in [0.1, 0.15) is 0 Å². The molecule has 3 amide bonds. The normalized spacial score (nSPS) is 16.2. The van der Waals surface area contributed by atoms with E-state index in [-0.39, 0.29) is 18.0 Å². The number of imide groups is 1. The van der Waals surface area contributed by atoms with E-state index in [1.54, 1.807) is 0 Å². The van der Waals surface area contributed by atoms with Crippen LogP contribution in [0.25, 0.3) is 0 Å². The Morgan fingerprint density at radius 1 is 1.33 bits per heavy atom. The van der Waals surface area contributed by atoms with Crippen LogP contribution >= 0.6 is 0 Å². The Labute approximate surface area is 125 Å². The summed E-state index contributed by atoms with van der Waals surface area (Å²) in [4.78, 5) is 27.1. The second-order valence-electron chi connectivity index (χ2n) is 5.48. The third-order valence-corrected chi connectivity index (χ3v) is 4.00. The quantitative estimate of drug-likeness (QED) is 0.896. The fraction of sp³-hybridized carbons (Fsp3) is 0.500. The van der Waals surface area contributed by atoms with Crippen LogP contribution in [0.1, 0.15) is 25.0 Å². The molecule has 1 N–H and O–H groups in total. The number of hydrogen-bond donors (Lipinski definition) is 1. The van der Waals surface area contributed by atoms with Crippen molar-refractivity contribution in [1.29, 1.82) is 0 Å². The highest BCUT2D eigenvalue weighted by Crippen LogP contribution is 2.11. The van der Waals surface area contributed by atoms with E-state index in [2.05, 4.69) is 36.5 Å². The number of amides is 3. The first-order chi connectivity index (χ1) is 10.0.